The highest BCUT2D eigenvalue weighted by Crippen LogP contribution is 2.44. The zero-order valence-electron chi connectivity index (χ0n) is 18.1. The van der Waals surface area contributed by atoms with E-state index in [1.165, 1.54) is 82.6 Å². The summed E-state index contributed by atoms with van der Waals surface area (Å²) < 4.78 is 41.8. The summed E-state index contributed by atoms with van der Waals surface area (Å²) in [6.45, 7) is 1.13. The summed E-state index contributed by atoms with van der Waals surface area (Å²) in [5.41, 5.74) is 1.33. The minimum Gasteiger partial charge on any atom is -0.364 e. The number of rotatable bonds is 8. The van der Waals surface area contributed by atoms with E-state index in [0.717, 1.165) is 17.8 Å². The molecule has 0 spiro atoms. The van der Waals surface area contributed by atoms with Gasteiger partial charge in [-0.1, -0.05) is 63.7 Å². The van der Waals surface area contributed by atoms with Crippen LogP contribution in [-0.2, 0) is 4.74 Å². The molecule has 0 aliphatic heterocycles. The molecule has 1 nitrogen and oxygen atoms in total. The average Bonchev–Trinajstić information content (AvgIpc) is 2.73. The molecule has 0 aromatic heterocycles. The lowest BCUT2D eigenvalue weighted by atomic mass is 9.67. The topological polar surface area (TPSA) is 9.23 Å². The Balaban J connectivity index is 1.35. The lowest BCUT2D eigenvalue weighted by Crippen LogP contribution is -2.27. The molecule has 1 unspecified atom stereocenters. The maximum absolute atomic E-state index is 12.3. The standard InChI is InChI=1S/C25H39F3O/c1-2-3-4-5-19-6-8-20(9-7-19)21-10-12-22(13-11-21)23-14-16-24(17-15-23)29-18-25(26,27)28/h14-16,19-22,24H,2-13,17-18H2,1H3. The fourth-order valence-corrected chi connectivity index (χ4v) is 5.80. The van der Waals surface area contributed by atoms with E-state index in [1.807, 2.05) is 12.2 Å². The molecule has 166 valence electrons. The van der Waals surface area contributed by atoms with Crippen molar-refractivity contribution in [3.63, 3.8) is 0 Å². The molecule has 0 heterocycles. The molecule has 0 aromatic carbocycles. The van der Waals surface area contributed by atoms with Crippen LogP contribution in [0.3, 0.4) is 0 Å². The van der Waals surface area contributed by atoms with Crippen molar-refractivity contribution in [2.75, 3.05) is 6.61 Å². The molecule has 2 fully saturated rings. The molecular formula is C25H39F3O. The summed E-state index contributed by atoms with van der Waals surface area (Å²) in [7, 11) is 0. The van der Waals surface area contributed by atoms with Crippen molar-refractivity contribution >= 4 is 0 Å². The van der Waals surface area contributed by atoms with Gasteiger partial charge in [-0.2, -0.15) is 13.2 Å². The molecule has 0 radical (unpaired) electrons. The SMILES string of the molecule is CCCCCC1CCC(C2CCC(C3=CCC(OCC(F)(F)F)C=C3)CC2)CC1. The Bertz CT molecular complexity index is 535. The first kappa shape index (κ1) is 22.9. The summed E-state index contributed by atoms with van der Waals surface area (Å²) in [4.78, 5) is 0. The Kier molecular flexibility index (Phi) is 8.70. The van der Waals surface area contributed by atoms with E-state index in [0.29, 0.717) is 12.3 Å². The van der Waals surface area contributed by atoms with E-state index in [2.05, 4.69) is 13.0 Å². The summed E-state index contributed by atoms with van der Waals surface area (Å²) in [6.07, 6.45) is 18.4. The van der Waals surface area contributed by atoms with E-state index in [4.69, 9.17) is 4.74 Å². The average molecular weight is 413 g/mol. The second kappa shape index (κ2) is 11.0. The highest BCUT2D eigenvalue weighted by molar-refractivity contribution is 5.27. The van der Waals surface area contributed by atoms with Gasteiger partial charge in [0.1, 0.15) is 6.61 Å². The monoisotopic (exact) mass is 412 g/mol. The molecule has 0 N–H and O–H groups in total. The fraction of sp³-hybridized carbons (Fsp3) is 0.840. The molecule has 2 saturated carbocycles. The van der Waals surface area contributed by atoms with Gasteiger partial charge in [-0.05, 0) is 74.2 Å². The van der Waals surface area contributed by atoms with Crippen molar-refractivity contribution in [1.29, 1.82) is 0 Å². The summed E-state index contributed by atoms with van der Waals surface area (Å²) >= 11 is 0. The minimum absolute atomic E-state index is 0.427. The molecule has 0 amide bonds. The van der Waals surface area contributed by atoms with Crippen LogP contribution in [0.4, 0.5) is 13.2 Å². The number of halogens is 3. The predicted octanol–water partition coefficient (Wildman–Crippen LogP) is 8.01. The van der Waals surface area contributed by atoms with Crippen molar-refractivity contribution in [3.8, 4) is 0 Å². The zero-order chi connectivity index (χ0) is 20.7. The van der Waals surface area contributed by atoms with Crippen LogP contribution in [0, 0.1) is 23.7 Å². The summed E-state index contributed by atoms with van der Waals surface area (Å²) in [6, 6.07) is 0. The van der Waals surface area contributed by atoms with Crippen LogP contribution in [0.25, 0.3) is 0 Å². The highest BCUT2D eigenvalue weighted by atomic mass is 19.4. The van der Waals surface area contributed by atoms with Crippen molar-refractivity contribution in [3.05, 3.63) is 23.8 Å². The number of alkyl halides is 3. The van der Waals surface area contributed by atoms with Crippen LogP contribution >= 0.6 is 0 Å². The van der Waals surface area contributed by atoms with Crippen LogP contribution in [-0.4, -0.2) is 18.9 Å². The van der Waals surface area contributed by atoms with E-state index in [9.17, 15) is 13.2 Å². The smallest absolute Gasteiger partial charge is 0.364 e. The number of unbranched alkanes of at least 4 members (excludes halogenated alkanes) is 2. The van der Waals surface area contributed by atoms with E-state index < -0.39 is 18.9 Å². The van der Waals surface area contributed by atoms with Gasteiger partial charge in [0.2, 0.25) is 0 Å². The van der Waals surface area contributed by atoms with Gasteiger partial charge in [-0.15, -0.1) is 0 Å². The van der Waals surface area contributed by atoms with Crippen LogP contribution in [0.2, 0.25) is 0 Å². The normalized spacial score (nSPS) is 33.5. The van der Waals surface area contributed by atoms with Gasteiger partial charge < -0.3 is 4.74 Å². The van der Waals surface area contributed by atoms with Gasteiger partial charge in [0.15, 0.2) is 0 Å². The Morgan fingerprint density at radius 3 is 2.14 bits per heavy atom. The molecule has 1 atom stereocenters. The summed E-state index contributed by atoms with van der Waals surface area (Å²) in [5.74, 6) is 3.42. The van der Waals surface area contributed by atoms with Gasteiger partial charge in [-0.25, -0.2) is 0 Å². The molecule has 0 aromatic rings. The Morgan fingerprint density at radius 2 is 1.59 bits per heavy atom. The van der Waals surface area contributed by atoms with Gasteiger partial charge in [0.25, 0.3) is 0 Å². The molecule has 3 aliphatic rings. The van der Waals surface area contributed by atoms with Crippen molar-refractivity contribution in [2.24, 2.45) is 23.7 Å². The maximum atomic E-state index is 12.3. The first-order valence-corrected chi connectivity index (χ1v) is 12.0. The number of ether oxygens (including phenoxy) is 1. The maximum Gasteiger partial charge on any atom is 0.411 e. The Labute approximate surface area is 175 Å². The van der Waals surface area contributed by atoms with Crippen molar-refractivity contribution < 1.29 is 17.9 Å². The quantitative estimate of drug-likeness (QED) is 0.367. The first-order valence-electron chi connectivity index (χ1n) is 12.0. The molecular weight excluding hydrogens is 373 g/mol. The molecule has 29 heavy (non-hydrogen) atoms. The molecule has 3 aliphatic carbocycles. The highest BCUT2D eigenvalue weighted by Gasteiger charge is 2.32. The Morgan fingerprint density at radius 1 is 0.931 bits per heavy atom. The third-order valence-electron chi connectivity index (χ3n) is 7.57. The van der Waals surface area contributed by atoms with E-state index in [-0.39, 0.29) is 0 Å². The minimum atomic E-state index is -4.25. The van der Waals surface area contributed by atoms with Gasteiger partial charge in [0, 0.05) is 0 Å². The number of allylic oxidation sites excluding steroid dienone is 2. The van der Waals surface area contributed by atoms with Crippen LogP contribution in [0.15, 0.2) is 23.8 Å². The number of hydrogen-bond acceptors (Lipinski definition) is 1. The second-order valence-electron chi connectivity index (χ2n) is 9.65. The van der Waals surface area contributed by atoms with Crippen molar-refractivity contribution in [1.82, 2.24) is 0 Å². The van der Waals surface area contributed by atoms with Gasteiger partial charge in [-0.3, -0.25) is 0 Å². The van der Waals surface area contributed by atoms with Crippen LogP contribution in [0.1, 0.15) is 90.4 Å². The van der Waals surface area contributed by atoms with E-state index >= 15 is 0 Å². The lowest BCUT2D eigenvalue weighted by molar-refractivity contribution is -0.180. The fourth-order valence-electron chi connectivity index (χ4n) is 5.80. The third-order valence-corrected chi connectivity index (χ3v) is 7.57. The molecule has 3 rings (SSSR count). The first-order chi connectivity index (χ1) is 13.9. The number of hydrogen-bond donors (Lipinski definition) is 0. The molecule has 4 heteroatoms. The van der Waals surface area contributed by atoms with Crippen LogP contribution in [0.5, 0.6) is 0 Å². The van der Waals surface area contributed by atoms with Crippen LogP contribution < -0.4 is 0 Å². The van der Waals surface area contributed by atoms with Crippen molar-refractivity contribution in [2.45, 2.75) is 103 Å². The second-order valence-corrected chi connectivity index (χ2v) is 9.65. The molecule has 0 bridgehead atoms. The summed E-state index contributed by atoms with van der Waals surface area (Å²) in [5, 5.41) is 0. The van der Waals surface area contributed by atoms with Gasteiger partial charge in [0.05, 0.1) is 6.10 Å². The Hall–Kier alpha value is -0.770. The van der Waals surface area contributed by atoms with E-state index in [1.54, 1.807) is 0 Å². The third kappa shape index (κ3) is 7.45. The predicted molar refractivity (Wildman–Crippen MR) is 113 cm³/mol. The lowest BCUT2D eigenvalue weighted by Gasteiger charge is -2.38. The zero-order valence-corrected chi connectivity index (χ0v) is 18.1. The molecule has 0 saturated heterocycles. The van der Waals surface area contributed by atoms with Gasteiger partial charge >= 0.3 is 6.18 Å². The largest absolute Gasteiger partial charge is 0.411 e.